The van der Waals surface area contributed by atoms with Crippen LogP contribution in [-0.4, -0.2) is 20.9 Å². The Labute approximate surface area is 121 Å². The summed E-state index contributed by atoms with van der Waals surface area (Å²) in [4.78, 5) is 16.5. The van der Waals surface area contributed by atoms with Gasteiger partial charge >= 0.3 is 0 Å². The molecule has 0 saturated heterocycles. The van der Waals surface area contributed by atoms with Gasteiger partial charge in [-0.15, -0.1) is 0 Å². The lowest BCUT2D eigenvalue weighted by Crippen LogP contribution is -2.25. The van der Waals surface area contributed by atoms with Crippen LogP contribution in [0.1, 0.15) is 11.3 Å². The number of para-hydroxylation sites is 1. The van der Waals surface area contributed by atoms with E-state index in [9.17, 15) is 4.79 Å². The van der Waals surface area contributed by atoms with E-state index < -0.39 is 0 Å². The van der Waals surface area contributed by atoms with Gasteiger partial charge in [0.25, 0.3) is 5.56 Å². The number of nitrogens with zero attached hydrogens (tertiary/aromatic N) is 4. The zero-order valence-corrected chi connectivity index (χ0v) is 11.6. The van der Waals surface area contributed by atoms with Crippen LogP contribution in [-0.2, 0) is 0 Å². The molecule has 2 aromatic heterocycles. The van der Waals surface area contributed by atoms with Gasteiger partial charge in [0.15, 0.2) is 0 Å². The van der Waals surface area contributed by atoms with E-state index >= 15 is 0 Å². The summed E-state index contributed by atoms with van der Waals surface area (Å²) < 4.78 is 3.39. The zero-order chi connectivity index (χ0) is 14.8. The van der Waals surface area contributed by atoms with E-state index in [0.29, 0.717) is 5.56 Å². The van der Waals surface area contributed by atoms with Crippen molar-refractivity contribution in [2.45, 2.75) is 6.92 Å². The van der Waals surface area contributed by atoms with E-state index in [1.54, 1.807) is 21.4 Å². The van der Waals surface area contributed by atoms with Crippen molar-refractivity contribution in [2.75, 3.05) is 0 Å². The number of aromatic nitrogens is 3. The molecule has 3 rings (SSSR count). The minimum absolute atomic E-state index is 0.105. The largest absolute Gasteiger partial charge is 0.272 e. The van der Waals surface area contributed by atoms with E-state index in [-0.39, 0.29) is 5.56 Å². The van der Waals surface area contributed by atoms with Gasteiger partial charge in [0, 0.05) is 12.3 Å². The van der Waals surface area contributed by atoms with Gasteiger partial charge in [-0.25, -0.2) is 4.52 Å². The fraction of sp³-hybridized carbons (Fsp3) is 0.0625. The zero-order valence-electron chi connectivity index (χ0n) is 11.6. The molecule has 0 radical (unpaired) electrons. The first kappa shape index (κ1) is 13.1. The molecule has 0 aliphatic rings. The third-order valence-electron chi connectivity index (χ3n) is 3.35. The molecular formula is C16H14N4O. The van der Waals surface area contributed by atoms with Crippen LogP contribution in [0.5, 0.6) is 0 Å². The summed E-state index contributed by atoms with van der Waals surface area (Å²) in [7, 11) is 0. The second-order valence-electron chi connectivity index (χ2n) is 4.57. The van der Waals surface area contributed by atoms with Crippen LogP contribution in [0.4, 0.5) is 0 Å². The molecule has 21 heavy (non-hydrogen) atoms. The van der Waals surface area contributed by atoms with Crippen LogP contribution in [0.25, 0.3) is 17.4 Å². The molecule has 104 valence electrons. The molecule has 1 aromatic carbocycles. The minimum atomic E-state index is -0.105. The highest BCUT2D eigenvalue weighted by Crippen LogP contribution is 2.14. The molecule has 0 fully saturated rings. The average molecular weight is 278 g/mol. The Morgan fingerprint density at radius 3 is 2.71 bits per heavy atom. The predicted molar refractivity (Wildman–Crippen MR) is 84.1 cm³/mol. The van der Waals surface area contributed by atoms with Gasteiger partial charge in [-0.3, -0.25) is 14.4 Å². The Morgan fingerprint density at radius 1 is 1.24 bits per heavy atom. The van der Waals surface area contributed by atoms with Crippen LogP contribution < -0.4 is 5.56 Å². The first-order valence-electron chi connectivity index (χ1n) is 6.51. The topological polar surface area (TPSA) is 51.7 Å². The molecule has 0 spiro atoms. The predicted octanol–water partition coefficient (Wildman–Crippen LogP) is 2.46. The van der Waals surface area contributed by atoms with Crippen molar-refractivity contribution >= 4 is 18.4 Å². The van der Waals surface area contributed by atoms with Crippen LogP contribution >= 0.6 is 0 Å². The number of hydrogen-bond acceptors (Lipinski definition) is 3. The molecule has 0 unspecified atom stereocenters. The second kappa shape index (κ2) is 5.20. The summed E-state index contributed by atoms with van der Waals surface area (Å²) in [6, 6.07) is 11.3. The van der Waals surface area contributed by atoms with Gasteiger partial charge < -0.3 is 0 Å². The molecule has 3 aromatic rings. The smallest absolute Gasteiger partial charge is 0.265 e. The number of hydrogen-bond donors (Lipinski definition) is 0. The normalized spacial score (nSPS) is 11.3. The van der Waals surface area contributed by atoms with E-state index in [1.165, 1.54) is 6.20 Å². The van der Waals surface area contributed by atoms with Crippen molar-refractivity contribution in [3.8, 4) is 5.69 Å². The SMILES string of the molecule is C=N/C=C\c1c(C)n2nccc2n(-c2ccccc2)c1=O. The van der Waals surface area contributed by atoms with Gasteiger partial charge in [-0.05, 0) is 31.9 Å². The Hall–Kier alpha value is -2.95. The third-order valence-corrected chi connectivity index (χ3v) is 3.35. The molecule has 5 heteroatoms. The maximum absolute atomic E-state index is 12.8. The van der Waals surface area contributed by atoms with E-state index in [2.05, 4.69) is 16.8 Å². The fourth-order valence-electron chi connectivity index (χ4n) is 2.36. The van der Waals surface area contributed by atoms with Crippen molar-refractivity contribution in [2.24, 2.45) is 4.99 Å². The maximum atomic E-state index is 12.8. The van der Waals surface area contributed by atoms with Gasteiger partial charge in [0.1, 0.15) is 5.65 Å². The van der Waals surface area contributed by atoms with Crippen LogP contribution in [0.3, 0.4) is 0 Å². The Bertz CT molecular complexity index is 888. The van der Waals surface area contributed by atoms with E-state index in [4.69, 9.17) is 0 Å². The lowest BCUT2D eigenvalue weighted by atomic mass is 10.2. The monoisotopic (exact) mass is 278 g/mol. The lowest BCUT2D eigenvalue weighted by Gasteiger charge is -2.12. The highest BCUT2D eigenvalue weighted by atomic mass is 16.1. The maximum Gasteiger partial charge on any atom is 0.265 e. The standard InChI is InChI=1S/C16H14N4O/c1-12-14(8-10-17-2)16(21)19(13-6-4-3-5-7-13)15-9-11-18-20(12)15/h3-11H,2H2,1H3/b10-8-. The minimum Gasteiger partial charge on any atom is -0.272 e. The highest BCUT2D eigenvalue weighted by molar-refractivity contribution is 5.58. The number of aryl methyl sites for hydroxylation is 1. The van der Waals surface area contributed by atoms with Crippen LogP contribution in [0.15, 0.2) is 58.6 Å². The van der Waals surface area contributed by atoms with Crippen molar-refractivity contribution in [1.29, 1.82) is 0 Å². The second-order valence-corrected chi connectivity index (χ2v) is 4.57. The number of benzene rings is 1. The summed E-state index contributed by atoms with van der Waals surface area (Å²) in [5.41, 5.74) is 2.74. The molecule has 2 heterocycles. The number of fused-ring (bicyclic) bond motifs is 1. The van der Waals surface area contributed by atoms with Gasteiger partial charge in [-0.1, -0.05) is 18.2 Å². The van der Waals surface area contributed by atoms with Crippen molar-refractivity contribution in [3.05, 3.63) is 70.4 Å². The van der Waals surface area contributed by atoms with Crippen molar-refractivity contribution in [3.63, 3.8) is 0 Å². The first-order chi connectivity index (χ1) is 10.2. The molecule has 0 amide bonds. The Balaban J connectivity index is 2.44. The van der Waals surface area contributed by atoms with Gasteiger partial charge in [-0.2, -0.15) is 5.10 Å². The molecule has 0 aliphatic carbocycles. The van der Waals surface area contributed by atoms with E-state index in [0.717, 1.165) is 17.0 Å². The first-order valence-corrected chi connectivity index (χ1v) is 6.51. The van der Waals surface area contributed by atoms with Crippen LogP contribution in [0.2, 0.25) is 0 Å². The quantitative estimate of drug-likeness (QED) is 0.691. The summed E-state index contributed by atoms with van der Waals surface area (Å²) >= 11 is 0. The molecule has 0 bridgehead atoms. The van der Waals surface area contributed by atoms with E-state index in [1.807, 2.05) is 43.3 Å². The van der Waals surface area contributed by atoms with Gasteiger partial charge in [0.2, 0.25) is 0 Å². The number of aliphatic imine (C=N–C) groups is 1. The lowest BCUT2D eigenvalue weighted by molar-refractivity contribution is 0.843. The fourth-order valence-corrected chi connectivity index (χ4v) is 2.36. The molecule has 0 aliphatic heterocycles. The van der Waals surface area contributed by atoms with Gasteiger partial charge in [0.05, 0.1) is 23.1 Å². The number of rotatable bonds is 3. The Kier molecular flexibility index (Phi) is 3.23. The Morgan fingerprint density at radius 2 is 2.00 bits per heavy atom. The molecular weight excluding hydrogens is 264 g/mol. The van der Waals surface area contributed by atoms with Crippen molar-refractivity contribution in [1.82, 2.24) is 14.2 Å². The highest BCUT2D eigenvalue weighted by Gasteiger charge is 2.13. The summed E-state index contributed by atoms with van der Waals surface area (Å²) in [6.07, 6.45) is 4.85. The summed E-state index contributed by atoms with van der Waals surface area (Å²) in [6.45, 7) is 5.26. The molecule has 0 saturated carbocycles. The molecule has 0 N–H and O–H groups in total. The summed E-state index contributed by atoms with van der Waals surface area (Å²) in [5, 5.41) is 4.29. The van der Waals surface area contributed by atoms with Crippen molar-refractivity contribution < 1.29 is 0 Å². The summed E-state index contributed by atoms with van der Waals surface area (Å²) in [5.74, 6) is 0. The van der Waals surface area contributed by atoms with Crippen LogP contribution in [0, 0.1) is 6.92 Å². The average Bonchev–Trinajstić information content (AvgIpc) is 2.98. The molecule has 0 atom stereocenters. The third kappa shape index (κ3) is 2.08. The molecule has 5 nitrogen and oxygen atoms in total.